The van der Waals surface area contributed by atoms with Gasteiger partial charge in [-0.05, 0) is 12.2 Å². The zero-order valence-electron chi connectivity index (χ0n) is 10.3. The number of aromatic nitrogens is 6. The normalized spacial score (nSPS) is 15.5. The van der Waals surface area contributed by atoms with E-state index < -0.39 is 12.0 Å². The molecule has 0 aromatic carbocycles. The largest absolute Gasteiger partial charge is 0.451 e. The van der Waals surface area contributed by atoms with E-state index in [-0.39, 0.29) is 18.9 Å². The van der Waals surface area contributed by atoms with Crippen LogP contribution in [0.1, 0.15) is 11.6 Å². The second kappa shape index (κ2) is 4.30. The molecule has 0 fully saturated rings. The van der Waals surface area contributed by atoms with E-state index in [1.807, 2.05) is 0 Å². The van der Waals surface area contributed by atoms with E-state index in [1.54, 1.807) is 16.5 Å². The molecule has 3 rings (SSSR count). The number of H-pyrrole nitrogens is 1. The van der Waals surface area contributed by atoms with E-state index >= 15 is 0 Å². The Hall–Kier alpha value is -1.91. The van der Waals surface area contributed by atoms with Gasteiger partial charge in [0.2, 0.25) is 11.8 Å². The van der Waals surface area contributed by atoms with E-state index in [1.165, 1.54) is 0 Å². The van der Waals surface area contributed by atoms with Gasteiger partial charge in [0.15, 0.2) is 10.6 Å². The SMILES string of the molecule is Cn1c(N2CCn3c(nnc3C(F)(F)F)C2)n[nH]c1=S. The van der Waals surface area contributed by atoms with Crippen molar-refractivity contribution < 1.29 is 13.2 Å². The van der Waals surface area contributed by atoms with Crippen LogP contribution < -0.4 is 4.90 Å². The van der Waals surface area contributed by atoms with Crippen LogP contribution in [0.5, 0.6) is 0 Å². The van der Waals surface area contributed by atoms with Crippen LogP contribution in [0.2, 0.25) is 0 Å². The standard InChI is InChI=1S/C9H10F3N7S/c1-17-7(15-16-8(17)20)18-2-3-19-5(4-18)13-14-6(19)9(10,11)12/h2-4H2,1H3,(H,16,20). The maximum atomic E-state index is 12.7. The van der Waals surface area contributed by atoms with Gasteiger partial charge in [-0.2, -0.15) is 13.2 Å². The van der Waals surface area contributed by atoms with Crippen LogP contribution in [0.3, 0.4) is 0 Å². The number of nitrogens with zero attached hydrogens (tertiary/aromatic N) is 6. The van der Waals surface area contributed by atoms with Crippen LogP contribution in [-0.4, -0.2) is 36.1 Å². The van der Waals surface area contributed by atoms with Gasteiger partial charge in [0.1, 0.15) is 0 Å². The molecule has 0 bridgehead atoms. The van der Waals surface area contributed by atoms with E-state index in [0.717, 1.165) is 4.57 Å². The molecule has 0 atom stereocenters. The van der Waals surface area contributed by atoms with Gasteiger partial charge < -0.3 is 9.47 Å². The summed E-state index contributed by atoms with van der Waals surface area (Å²) in [5.74, 6) is -0.127. The minimum atomic E-state index is -4.49. The number of anilines is 1. The van der Waals surface area contributed by atoms with Gasteiger partial charge >= 0.3 is 6.18 Å². The van der Waals surface area contributed by atoms with Crippen molar-refractivity contribution in [3.8, 4) is 0 Å². The molecule has 1 N–H and O–H groups in total. The number of hydrogen-bond donors (Lipinski definition) is 1. The third-order valence-electron chi connectivity index (χ3n) is 3.15. The van der Waals surface area contributed by atoms with Gasteiger partial charge in [0, 0.05) is 20.1 Å². The summed E-state index contributed by atoms with van der Waals surface area (Å²) in [5, 5.41) is 13.5. The zero-order chi connectivity index (χ0) is 14.5. The molecule has 11 heteroatoms. The molecule has 108 valence electrons. The quantitative estimate of drug-likeness (QED) is 0.799. The number of fused-ring (bicyclic) bond motifs is 1. The van der Waals surface area contributed by atoms with Crippen LogP contribution in [-0.2, 0) is 26.3 Å². The molecule has 2 aromatic heterocycles. The van der Waals surface area contributed by atoms with Gasteiger partial charge in [0.25, 0.3) is 0 Å². The first-order valence-corrected chi connectivity index (χ1v) is 6.14. The molecule has 0 radical (unpaired) electrons. The molecule has 0 amide bonds. The second-order valence-electron chi connectivity index (χ2n) is 4.40. The summed E-state index contributed by atoms with van der Waals surface area (Å²) >= 11 is 5.01. The number of hydrogen-bond acceptors (Lipinski definition) is 5. The van der Waals surface area contributed by atoms with Crippen molar-refractivity contribution in [1.29, 1.82) is 0 Å². The highest BCUT2D eigenvalue weighted by Crippen LogP contribution is 2.30. The van der Waals surface area contributed by atoms with Crippen molar-refractivity contribution in [1.82, 2.24) is 29.5 Å². The van der Waals surface area contributed by atoms with Crippen molar-refractivity contribution in [3.63, 3.8) is 0 Å². The molecular formula is C9H10F3N7S. The van der Waals surface area contributed by atoms with Crippen molar-refractivity contribution in [2.75, 3.05) is 11.4 Å². The summed E-state index contributed by atoms with van der Waals surface area (Å²) in [6, 6.07) is 0. The number of rotatable bonds is 1. The Morgan fingerprint density at radius 1 is 1.25 bits per heavy atom. The summed E-state index contributed by atoms with van der Waals surface area (Å²) in [4.78, 5) is 1.80. The van der Waals surface area contributed by atoms with E-state index in [4.69, 9.17) is 12.2 Å². The third kappa shape index (κ3) is 1.97. The fourth-order valence-corrected chi connectivity index (χ4v) is 2.29. The summed E-state index contributed by atoms with van der Waals surface area (Å²) in [6.07, 6.45) is -4.49. The first-order chi connectivity index (χ1) is 9.38. The monoisotopic (exact) mass is 305 g/mol. The Balaban J connectivity index is 1.92. The van der Waals surface area contributed by atoms with Gasteiger partial charge in [-0.25, -0.2) is 5.10 Å². The van der Waals surface area contributed by atoms with E-state index in [0.29, 0.717) is 17.3 Å². The first-order valence-electron chi connectivity index (χ1n) is 5.73. The lowest BCUT2D eigenvalue weighted by molar-refractivity contribution is -0.147. The average Bonchev–Trinajstić information content (AvgIpc) is 2.93. The molecule has 7 nitrogen and oxygen atoms in total. The lowest BCUT2D eigenvalue weighted by Crippen LogP contribution is -2.36. The second-order valence-corrected chi connectivity index (χ2v) is 4.79. The molecule has 0 unspecified atom stereocenters. The minimum Gasteiger partial charge on any atom is -0.332 e. The lowest BCUT2D eigenvalue weighted by Gasteiger charge is -2.28. The number of nitrogens with one attached hydrogen (secondary N) is 1. The Bertz CT molecular complexity index is 697. The van der Waals surface area contributed by atoms with Crippen LogP contribution >= 0.6 is 12.2 Å². The van der Waals surface area contributed by atoms with Gasteiger partial charge in [-0.15, -0.1) is 15.3 Å². The van der Waals surface area contributed by atoms with E-state index in [9.17, 15) is 13.2 Å². The minimum absolute atomic E-state index is 0.150. The third-order valence-corrected chi connectivity index (χ3v) is 3.51. The summed E-state index contributed by atoms with van der Waals surface area (Å²) in [5.41, 5.74) is 0. The molecule has 0 saturated heterocycles. The Kier molecular flexibility index (Phi) is 2.81. The van der Waals surface area contributed by atoms with E-state index in [2.05, 4.69) is 20.4 Å². The zero-order valence-corrected chi connectivity index (χ0v) is 11.2. The van der Waals surface area contributed by atoms with Crippen LogP contribution in [0.4, 0.5) is 19.1 Å². The van der Waals surface area contributed by atoms with Gasteiger partial charge in [-0.1, -0.05) is 0 Å². The Morgan fingerprint density at radius 3 is 2.60 bits per heavy atom. The molecule has 20 heavy (non-hydrogen) atoms. The fourth-order valence-electron chi connectivity index (χ4n) is 2.16. The number of aromatic amines is 1. The number of alkyl halides is 3. The molecule has 3 heterocycles. The average molecular weight is 305 g/mol. The molecule has 2 aromatic rings. The molecular weight excluding hydrogens is 295 g/mol. The maximum absolute atomic E-state index is 12.7. The highest BCUT2D eigenvalue weighted by Gasteiger charge is 2.39. The highest BCUT2D eigenvalue weighted by molar-refractivity contribution is 7.71. The lowest BCUT2D eigenvalue weighted by atomic mass is 10.3. The molecule has 0 aliphatic carbocycles. The summed E-state index contributed by atoms with van der Waals surface area (Å²) < 4.78 is 41.4. The Morgan fingerprint density at radius 2 is 2.00 bits per heavy atom. The van der Waals surface area contributed by atoms with Crippen LogP contribution in [0.15, 0.2) is 0 Å². The molecule has 1 aliphatic heterocycles. The molecule has 0 spiro atoms. The maximum Gasteiger partial charge on any atom is 0.451 e. The molecule has 1 aliphatic rings. The summed E-state index contributed by atoms with van der Waals surface area (Å²) in [6.45, 7) is 0.731. The van der Waals surface area contributed by atoms with Gasteiger partial charge in [0.05, 0.1) is 6.54 Å². The predicted molar refractivity (Wildman–Crippen MR) is 64.5 cm³/mol. The summed E-state index contributed by atoms with van der Waals surface area (Å²) in [7, 11) is 1.74. The molecule has 0 saturated carbocycles. The fraction of sp³-hybridized carbons (Fsp3) is 0.556. The van der Waals surface area contributed by atoms with Crippen molar-refractivity contribution >= 4 is 18.2 Å². The topological polar surface area (TPSA) is 67.6 Å². The van der Waals surface area contributed by atoms with Crippen LogP contribution in [0, 0.1) is 4.77 Å². The van der Waals surface area contributed by atoms with Crippen molar-refractivity contribution in [2.45, 2.75) is 19.3 Å². The smallest absolute Gasteiger partial charge is 0.332 e. The highest BCUT2D eigenvalue weighted by atomic mass is 32.1. The van der Waals surface area contributed by atoms with Crippen LogP contribution in [0.25, 0.3) is 0 Å². The van der Waals surface area contributed by atoms with Gasteiger partial charge in [-0.3, -0.25) is 4.57 Å². The number of halogens is 3. The van der Waals surface area contributed by atoms with Crippen molar-refractivity contribution in [3.05, 3.63) is 16.4 Å². The van der Waals surface area contributed by atoms with Crippen molar-refractivity contribution in [2.24, 2.45) is 7.05 Å². The Labute approximate surface area is 116 Å². The first kappa shape index (κ1) is 13.1. The predicted octanol–water partition coefficient (Wildman–Crippen LogP) is 1.11.